The van der Waals surface area contributed by atoms with E-state index in [0.717, 1.165) is 59.5 Å². The lowest BCUT2D eigenvalue weighted by Gasteiger charge is -2.29. The summed E-state index contributed by atoms with van der Waals surface area (Å²) in [5, 5.41) is 0. The lowest BCUT2D eigenvalue weighted by atomic mass is 9.76. The van der Waals surface area contributed by atoms with Crippen molar-refractivity contribution < 1.29 is 13.2 Å². The molecule has 51 heavy (non-hydrogen) atoms. The topological polar surface area (TPSA) is 0 Å². The van der Waals surface area contributed by atoms with E-state index < -0.39 is 0 Å². The molecule has 0 amide bonds. The fourth-order valence-electron chi connectivity index (χ4n) is 10.3. The van der Waals surface area contributed by atoms with E-state index in [2.05, 4.69) is 19.9 Å². The van der Waals surface area contributed by atoms with Crippen LogP contribution < -0.4 is 0 Å². The van der Waals surface area contributed by atoms with Crippen LogP contribution in [0.1, 0.15) is 202 Å². The first-order chi connectivity index (χ1) is 24.6. The van der Waals surface area contributed by atoms with Gasteiger partial charge in [-0.2, -0.15) is 0 Å². The van der Waals surface area contributed by atoms with Crippen molar-refractivity contribution in [2.75, 3.05) is 0 Å². The van der Waals surface area contributed by atoms with Crippen LogP contribution in [0.3, 0.4) is 0 Å². The maximum atomic E-state index is 13.8. The number of unbranched alkanes of at least 4 members (excludes halogenated alkanes) is 2. The van der Waals surface area contributed by atoms with Gasteiger partial charge in [-0.25, -0.2) is 13.2 Å². The number of benzene rings is 2. The van der Waals surface area contributed by atoms with E-state index in [1.165, 1.54) is 154 Å². The molecule has 0 heterocycles. The molecule has 0 atom stereocenters. The monoisotopic (exact) mass is 707 g/mol. The van der Waals surface area contributed by atoms with Gasteiger partial charge in [0.2, 0.25) is 0 Å². The van der Waals surface area contributed by atoms with Crippen molar-refractivity contribution in [2.45, 2.75) is 194 Å². The number of hydrogen-bond donors (Lipinski definition) is 0. The van der Waals surface area contributed by atoms with Crippen LogP contribution in [0.4, 0.5) is 13.2 Å². The van der Waals surface area contributed by atoms with Crippen LogP contribution >= 0.6 is 0 Å². The van der Waals surface area contributed by atoms with E-state index in [1.54, 1.807) is 18.2 Å². The van der Waals surface area contributed by atoms with Gasteiger partial charge in [0, 0.05) is 5.56 Å². The molecule has 0 nitrogen and oxygen atoms in total. The van der Waals surface area contributed by atoms with Crippen LogP contribution in [0.15, 0.2) is 30.3 Å². The summed E-state index contributed by atoms with van der Waals surface area (Å²) in [5.41, 5.74) is 3.02. The highest BCUT2D eigenvalue weighted by atomic mass is 19.1. The SMILES string of the molecule is Cc1c(F)cc(C2CCC(CCCCC3CCC(C)CC3)CC2)cc1F.Cc1ccc(C2CCC(CCCCC3CCC(C)CC3)CC2)cc1F. The van der Waals surface area contributed by atoms with Gasteiger partial charge in [-0.05, 0) is 147 Å². The molecular formula is C48H73F3. The average molecular weight is 707 g/mol. The molecule has 2 aromatic rings. The highest BCUT2D eigenvalue weighted by Gasteiger charge is 2.25. The van der Waals surface area contributed by atoms with E-state index in [9.17, 15) is 13.2 Å². The van der Waals surface area contributed by atoms with Crippen LogP contribution in [0.5, 0.6) is 0 Å². The van der Waals surface area contributed by atoms with Crippen molar-refractivity contribution in [3.8, 4) is 0 Å². The molecule has 4 aliphatic rings. The fourth-order valence-corrected chi connectivity index (χ4v) is 10.3. The van der Waals surface area contributed by atoms with Crippen molar-refractivity contribution in [1.29, 1.82) is 0 Å². The Kier molecular flexibility index (Phi) is 16.3. The predicted octanol–water partition coefficient (Wildman–Crippen LogP) is 15.7. The molecule has 0 spiro atoms. The zero-order valence-electron chi connectivity index (χ0n) is 33.1. The second-order valence-electron chi connectivity index (χ2n) is 18.4. The molecular weight excluding hydrogens is 634 g/mol. The Morgan fingerprint density at radius 2 is 0.765 bits per heavy atom. The lowest BCUT2D eigenvalue weighted by Crippen LogP contribution is -2.14. The molecule has 0 bridgehead atoms. The summed E-state index contributed by atoms with van der Waals surface area (Å²) in [4.78, 5) is 0. The maximum Gasteiger partial charge on any atom is 0.129 e. The van der Waals surface area contributed by atoms with Crippen molar-refractivity contribution in [3.63, 3.8) is 0 Å². The molecule has 4 aliphatic carbocycles. The van der Waals surface area contributed by atoms with E-state index in [0.29, 0.717) is 11.8 Å². The standard InChI is InChI=1S/C24H36F2.C24H37F/c1-17-7-9-19(10-8-17)5-3-4-6-20-11-13-21(14-12-20)22-15-23(25)18(2)24(26)16-22;1-18-7-10-20(11-8-18)5-3-4-6-21-12-15-22(16-13-21)23-14-9-19(2)24(25)17-23/h15-17,19-21H,3-14H2,1-2H3;9,14,17-18,20-22H,3-8,10-13,15-16H2,1-2H3. The summed E-state index contributed by atoms with van der Waals surface area (Å²) in [6.07, 6.45) is 32.9. The minimum absolute atomic E-state index is 0.0308. The van der Waals surface area contributed by atoms with Gasteiger partial charge in [-0.15, -0.1) is 0 Å². The summed E-state index contributed by atoms with van der Waals surface area (Å²) >= 11 is 0. The van der Waals surface area contributed by atoms with Crippen molar-refractivity contribution >= 4 is 0 Å². The Labute approximate surface area is 311 Å². The van der Waals surface area contributed by atoms with Gasteiger partial charge in [0.15, 0.2) is 0 Å². The Morgan fingerprint density at radius 1 is 0.431 bits per heavy atom. The summed E-state index contributed by atoms with van der Waals surface area (Å²) < 4.78 is 41.4. The molecule has 0 aliphatic heterocycles. The van der Waals surface area contributed by atoms with Gasteiger partial charge in [0.25, 0.3) is 0 Å². The highest BCUT2D eigenvalue weighted by Crippen LogP contribution is 2.40. The predicted molar refractivity (Wildman–Crippen MR) is 211 cm³/mol. The van der Waals surface area contributed by atoms with Gasteiger partial charge in [-0.1, -0.05) is 129 Å². The summed E-state index contributed by atoms with van der Waals surface area (Å²) in [6, 6.07) is 9.01. The first-order valence-corrected chi connectivity index (χ1v) is 21.9. The Balaban J connectivity index is 0.000000198. The van der Waals surface area contributed by atoms with Crippen molar-refractivity contribution in [3.05, 3.63) is 70.0 Å². The van der Waals surface area contributed by atoms with Crippen LogP contribution in [-0.4, -0.2) is 0 Å². The fraction of sp³-hybridized carbons (Fsp3) is 0.750. The van der Waals surface area contributed by atoms with E-state index in [-0.39, 0.29) is 23.0 Å². The maximum absolute atomic E-state index is 13.8. The van der Waals surface area contributed by atoms with Gasteiger partial charge in [0.1, 0.15) is 17.5 Å². The molecule has 6 rings (SSSR count). The number of hydrogen-bond acceptors (Lipinski definition) is 0. The third-order valence-corrected chi connectivity index (χ3v) is 14.4. The summed E-state index contributed by atoms with van der Waals surface area (Å²) in [7, 11) is 0. The second-order valence-corrected chi connectivity index (χ2v) is 18.4. The highest BCUT2D eigenvalue weighted by molar-refractivity contribution is 5.28. The summed E-state index contributed by atoms with van der Waals surface area (Å²) in [5.74, 6) is 5.85. The third kappa shape index (κ3) is 12.9. The second kappa shape index (κ2) is 20.6. The van der Waals surface area contributed by atoms with Crippen molar-refractivity contribution in [1.82, 2.24) is 0 Å². The van der Waals surface area contributed by atoms with Gasteiger partial charge >= 0.3 is 0 Å². The number of halogens is 3. The van der Waals surface area contributed by atoms with Gasteiger partial charge < -0.3 is 0 Å². The lowest BCUT2D eigenvalue weighted by molar-refractivity contribution is 0.262. The molecule has 0 saturated heterocycles. The Bertz CT molecular complexity index is 1260. The third-order valence-electron chi connectivity index (χ3n) is 14.4. The largest absolute Gasteiger partial charge is 0.207 e. The zero-order valence-corrected chi connectivity index (χ0v) is 33.1. The minimum Gasteiger partial charge on any atom is -0.207 e. The average Bonchev–Trinajstić information content (AvgIpc) is 3.14. The molecule has 0 unspecified atom stereocenters. The van der Waals surface area contributed by atoms with Gasteiger partial charge in [0.05, 0.1) is 0 Å². The summed E-state index contributed by atoms with van der Waals surface area (Å²) in [6.45, 7) is 8.17. The van der Waals surface area contributed by atoms with Gasteiger partial charge in [-0.3, -0.25) is 0 Å². The molecule has 4 fully saturated rings. The molecule has 2 aromatic carbocycles. The molecule has 286 valence electrons. The van der Waals surface area contributed by atoms with Crippen LogP contribution in [-0.2, 0) is 0 Å². The van der Waals surface area contributed by atoms with Crippen LogP contribution in [0.25, 0.3) is 0 Å². The zero-order chi connectivity index (χ0) is 36.2. The van der Waals surface area contributed by atoms with E-state index in [4.69, 9.17) is 0 Å². The minimum atomic E-state index is -0.390. The first kappa shape index (κ1) is 40.4. The van der Waals surface area contributed by atoms with Crippen LogP contribution in [0, 0.1) is 66.8 Å². The van der Waals surface area contributed by atoms with Crippen LogP contribution in [0.2, 0.25) is 0 Å². The molecule has 4 saturated carbocycles. The Morgan fingerprint density at radius 3 is 1.14 bits per heavy atom. The first-order valence-electron chi connectivity index (χ1n) is 21.9. The molecule has 0 N–H and O–H groups in total. The normalized spacial score (nSPS) is 30.0. The molecule has 0 aromatic heterocycles. The quantitative estimate of drug-likeness (QED) is 0.193. The number of rotatable bonds is 12. The smallest absolute Gasteiger partial charge is 0.129 e. The van der Waals surface area contributed by atoms with E-state index in [1.807, 2.05) is 13.0 Å². The Hall–Kier alpha value is -1.77. The molecule has 3 heteroatoms. The van der Waals surface area contributed by atoms with Crippen molar-refractivity contribution in [2.24, 2.45) is 35.5 Å². The van der Waals surface area contributed by atoms with E-state index >= 15 is 0 Å². The number of aryl methyl sites for hydroxylation is 1. The molecule has 0 radical (unpaired) electrons.